The molecule has 13 nitrogen and oxygen atoms in total. The van der Waals surface area contributed by atoms with Crippen molar-refractivity contribution in [2.75, 3.05) is 85.2 Å². The van der Waals surface area contributed by atoms with Crippen molar-refractivity contribution < 1.29 is 44.0 Å². The van der Waals surface area contributed by atoms with Crippen molar-refractivity contribution in [3.63, 3.8) is 0 Å². The van der Waals surface area contributed by atoms with Gasteiger partial charge in [-0.05, 0) is 0 Å². The molecule has 3 N–H and O–H groups in total. The predicted molar refractivity (Wildman–Crippen MR) is 105 cm³/mol. The highest BCUT2D eigenvalue weighted by atomic mass is 16.5. The number of hydrogen-bond donors (Lipinski definition) is 3. The first-order valence-corrected chi connectivity index (χ1v) is 9.74. The second-order valence-electron chi connectivity index (χ2n) is 7.02. The molecule has 0 aliphatic carbocycles. The molecule has 0 unspecified atom stereocenters. The highest BCUT2D eigenvalue weighted by molar-refractivity contribution is 5.79. The molecule has 1 saturated heterocycles. The van der Waals surface area contributed by atoms with Crippen LogP contribution in [0.4, 0.5) is 0 Å². The molecule has 0 saturated carbocycles. The van der Waals surface area contributed by atoms with E-state index in [0.29, 0.717) is 26.3 Å². The van der Waals surface area contributed by atoms with Crippen molar-refractivity contribution in [1.82, 2.24) is 19.6 Å². The van der Waals surface area contributed by atoms with Gasteiger partial charge in [0.25, 0.3) is 0 Å². The number of amides is 1. The third-order valence-electron chi connectivity index (χ3n) is 4.55. The molecule has 1 amide bonds. The normalized spacial score (nSPS) is 14.2. The summed E-state index contributed by atoms with van der Waals surface area (Å²) < 4.78 is 5.19. The lowest BCUT2D eigenvalue weighted by Crippen LogP contribution is -2.49. The highest BCUT2D eigenvalue weighted by Gasteiger charge is 2.22. The van der Waals surface area contributed by atoms with Crippen LogP contribution in [0, 0.1) is 0 Å². The zero-order valence-corrected chi connectivity index (χ0v) is 17.3. The summed E-state index contributed by atoms with van der Waals surface area (Å²) in [4.78, 5) is 62.1. The number of ether oxygens (including phenoxy) is 1. The Labute approximate surface area is 179 Å². The molecule has 13 heteroatoms. The molecule has 1 rings (SSSR count). The molecule has 1 aliphatic rings. The Bertz CT molecular complexity index is 625. The van der Waals surface area contributed by atoms with Gasteiger partial charge in [-0.2, -0.15) is 0 Å². The topological polar surface area (TPSA) is 168 Å². The van der Waals surface area contributed by atoms with Crippen LogP contribution in [-0.4, -0.2) is 150 Å². The van der Waals surface area contributed by atoms with Gasteiger partial charge in [0, 0.05) is 39.3 Å². The molecule has 0 aromatic heterocycles. The molecule has 31 heavy (non-hydrogen) atoms. The van der Waals surface area contributed by atoms with Crippen molar-refractivity contribution in [2.45, 2.75) is 0 Å². The van der Waals surface area contributed by atoms with E-state index in [1.807, 2.05) is 0 Å². The van der Waals surface area contributed by atoms with Crippen LogP contribution >= 0.6 is 0 Å². The first-order chi connectivity index (χ1) is 14.7. The van der Waals surface area contributed by atoms with Crippen molar-refractivity contribution in [2.24, 2.45) is 0 Å². The molecule has 0 spiro atoms. The number of morpholine rings is 1. The van der Waals surface area contributed by atoms with Gasteiger partial charge in [-0.1, -0.05) is 0 Å². The Morgan fingerprint density at radius 1 is 0.742 bits per heavy atom. The standard InChI is InChI=1S/C18H29N4O9/c23-8-5-20(13-17(27)28)2-1-19(12-16(25)26)3-4-21(14-18(29)30)11-15(24)22-6-9-31-10-7-22/h1-7,9-14H2,(H,25,26)(H,27,28)(H,29,30). The largest absolute Gasteiger partial charge is 0.480 e. The van der Waals surface area contributed by atoms with Gasteiger partial charge in [-0.25, -0.2) is 0 Å². The van der Waals surface area contributed by atoms with Crippen LogP contribution in [0.5, 0.6) is 0 Å². The number of rotatable bonds is 16. The lowest BCUT2D eigenvalue weighted by atomic mass is 10.3. The minimum Gasteiger partial charge on any atom is -0.480 e. The molecule has 0 aromatic carbocycles. The third-order valence-corrected chi connectivity index (χ3v) is 4.55. The lowest BCUT2D eigenvalue weighted by Gasteiger charge is -2.31. The Morgan fingerprint density at radius 2 is 1.19 bits per heavy atom. The molecular formula is C18H29N4O9. The van der Waals surface area contributed by atoms with E-state index < -0.39 is 24.5 Å². The summed E-state index contributed by atoms with van der Waals surface area (Å²) in [6.07, 6.45) is 1.62. The smallest absolute Gasteiger partial charge is 0.317 e. The van der Waals surface area contributed by atoms with Crippen molar-refractivity contribution in [3.8, 4) is 0 Å². The van der Waals surface area contributed by atoms with E-state index in [2.05, 4.69) is 0 Å². The molecule has 1 radical (unpaired) electrons. The van der Waals surface area contributed by atoms with Gasteiger partial charge < -0.3 is 25.0 Å². The molecule has 0 aromatic rings. The Balaban J connectivity index is 2.67. The molecule has 175 valence electrons. The van der Waals surface area contributed by atoms with Crippen molar-refractivity contribution in [1.29, 1.82) is 0 Å². The fraction of sp³-hybridized carbons (Fsp3) is 0.722. The van der Waals surface area contributed by atoms with Crippen LogP contribution in [-0.2, 0) is 28.7 Å². The lowest BCUT2D eigenvalue weighted by molar-refractivity contribution is -0.142. The second-order valence-corrected chi connectivity index (χ2v) is 7.02. The van der Waals surface area contributed by atoms with E-state index in [1.54, 1.807) is 11.2 Å². The van der Waals surface area contributed by atoms with Crippen LogP contribution < -0.4 is 0 Å². The maximum absolute atomic E-state index is 12.4. The van der Waals surface area contributed by atoms with Gasteiger partial charge in [0.05, 0.1) is 45.9 Å². The van der Waals surface area contributed by atoms with Crippen LogP contribution in [0.2, 0.25) is 0 Å². The third kappa shape index (κ3) is 12.0. The fourth-order valence-electron chi connectivity index (χ4n) is 3.03. The van der Waals surface area contributed by atoms with E-state index in [4.69, 9.17) is 20.1 Å². The maximum atomic E-state index is 12.4. The van der Waals surface area contributed by atoms with Crippen LogP contribution in [0.15, 0.2) is 0 Å². The Kier molecular flexibility index (Phi) is 12.3. The number of carbonyl (C=O) groups is 4. The number of aliphatic carboxylic acids is 3. The number of carbonyl (C=O) groups excluding carboxylic acids is 2. The van der Waals surface area contributed by atoms with E-state index in [0.717, 1.165) is 0 Å². The van der Waals surface area contributed by atoms with E-state index in [-0.39, 0.29) is 58.3 Å². The van der Waals surface area contributed by atoms with Crippen LogP contribution in [0.3, 0.4) is 0 Å². The van der Waals surface area contributed by atoms with Crippen molar-refractivity contribution in [3.05, 3.63) is 0 Å². The quantitative estimate of drug-likeness (QED) is 0.222. The minimum atomic E-state index is -1.13. The molecule has 1 aliphatic heterocycles. The van der Waals surface area contributed by atoms with Gasteiger partial charge in [0.2, 0.25) is 12.2 Å². The predicted octanol–water partition coefficient (Wildman–Crippen LogP) is -2.89. The first kappa shape index (κ1) is 26.4. The molecule has 1 heterocycles. The number of nitrogens with zero attached hydrogens (tertiary/aromatic N) is 4. The minimum absolute atomic E-state index is 0.112. The van der Waals surface area contributed by atoms with E-state index in [9.17, 15) is 24.0 Å². The summed E-state index contributed by atoms with van der Waals surface area (Å²) in [6, 6.07) is 0. The summed E-state index contributed by atoms with van der Waals surface area (Å²) in [5.41, 5.74) is 0. The van der Waals surface area contributed by atoms with E-state index >= 15 is 0 Å². The van der Waals surface area contributed by atoms with Gasteiger partial charge in [-0.3, -0.25) is 38.7 Å². The van der Waals surface area contributed by atoms with Crippen LogP contribution in [0.1, 0.15) is 0 Å². The Morgan fingerprint density at radius 3 is 1.71 bits per heavy atom. The monoisotopic (exact) mass is 445 g/mol. The SMILES string of the molecule is O=[C]CN(CCN(CCN(CC(=O)O)CC(=O)N1CCOCC1)CC(=O)O)CC(=O)O. The van der Waals surface area contributed by atoms with Gasteiger partial charge in [0.1, 0.15) is 0 Å². The zero-order valence-electron chi connectivity index (χ0n) is 17.3. The summed E-state index contributed by atoms with van der Waals surface area (Å²) in [6.45, 7) is 0.711. The summed E-state index contributed by atoms with van der Waals surface area (Å²) in [5.74, 6) is -3.59. The maximum Gasteiger partial charge on any atom is 0.317 e. The average molecular weight is 445 g/mol. The van der Waals surface area contributed by atoms with E-state index in [1.165, 1.54) is 14.7 Å². The van der Waals surface area contributed by atoms with Crippen molar-refractivity contribution >= 4 is 30.1 Å². The average Bonchev–Trinajstić information content (AvgIpc) is 2.69. The fourth-order valence-corrected chi connectivity index (χ4v) is 3.03. The highest BCUT2D eigenvalue weighted by Crippen LogP contribution is 2.01. The summed E-state index contributed by atoms with van der Waals surface area (Å²) >= 11 is 0. The summed E-state index contributed by atoms with van der Waals surface area (Å²) in [5, 5.41) is 27.2. The molecular weight excluding hydrogens is 416 g/mol. The van der Waals surface area contributed by atoms with Crippen LogP contribution in [0.25, 0.3) is 0 Å². The first-order valence-electron chi connectivity index (χ1n) is 9.74. The number of carboxylic acid groups (broad SMARTS) is 3. The number of carboxylic acids is 3. The second kappa shape index (κ2) is 14.4. The zero-order chi connectivity index (χ0) is 23.2. The molecule has 0 atom stereocenters. The van der Waals surface area contributed by atoms with Gasteiger partial charge in [0.15, 0.2) is 0 Å². The van der Waals surface area contributed by atoms with Gasteiger partial charge >= 0.3 is 17.9 Å². The molecule has 0 bridgehead atoms. The Hall–Kier alpha value is -2.61. The summed E-state index contributed by atoms with van der Waals surface area (Å²) in [7, 11) is 0. The van der Waals surface area contributed by atoms with Gasteiger partial charge in [-0.15, -0.1) is 0 Å². The number of hydrogen-bond acceptors (Lipinski definition) is 9. The molecule has 1 fully saturated rings.